The van der Waals surface area contributed by atoms with Crippen LogP contribution in [-0.2, 0) is 10.1 Å². The van der Waals surface area contributed by atoms with E-state index in [-0.39, 0.29) is 18.5 Å². The average molecular weight is 314 g/mol. The van der Waals surface area contributed by atoms with Crippen molar-refractivity contribution in [3.05, 3.63) is 35.4 Å². The summed E-state index contributed by atoms with van der Waals surface area (Å²) in [4.78, 5) is 23.4. The third kappa shape index (κ3) is 6.37. The lowest BCUT2D eigenvalue weighted by Gasteiger charge is -2.09. The normalized spacial score (nSPS) is 11.2. The molecule has 0 saturated carbocycles. The molecule has 21 heavy (non-hydrogen) atoms. The summed E-state index contributed by atoms with van der Waals surface area (Å²) in [6.07, 6.45) is 0. The summed E-state index contributed by atoms with van der Waals surface area (Å²) in [6, 6.07) is 5.97. The first-order chi connectivity index (χ1) is 9.69. The van der Waals surface area contributed by atoms with Crippen molar-refractivity contribution in [3.63, 3.8) is 0 Å². The van der Waals surface area contributed by atoms with Crippen molar-refractivity contribution in [3.8, 4) is 0 Å². The van der Waals surface area contributed by atoms with Crippen molar-refractivity contribution in [1.82, 2.24) is 10.6 Å². The largest absolute Gasteiger partial charge is 0.351 e. The molecule has 8 heteroatoms. The van der Waals surface area contributed by atoms with Crippen molar-refractivity contribution < 1.29 is 22.6 Å². The van der Waals surface area contributed by atoms with E-state index in [0.717, 1.165) is 0 Å². The van der Waals surface area contributed by atoms with Crippen molar-refractivity contribution in [2.75, 3.05) is 12.3 Å². The molecule has 1 aromatic carbocycles. The number of amides is 2. The molecule has 0 atom stereocenters. The first-order valence-electron chi connectivity index (χ1n) is 6.33. The van der Waals surface area contributed by atoms with E-state index in [9.17, 15) is 18.0 Å². The monoisotopic (exact) mass is 314 g/mol. The van der Waals surface area contributed by atoms with Crippen LogP contribution in [0.15, 0.2) is 24.3 Å². The fourth-order valence-electron chi connectivity index (χ4n) is 1.51. The van der Waals surface area contributed by atoms with Gasteiger partial charge in [-0.15, -0.1) is 0 Å². The summed E-state index contributed by atoms with van der Waals surface area (Å²) in [5.74, 6) is -1.26. The highest BCUT2D eigenvalue weighted by atomic mass is 32.2. The summed E-state index contributed by atoms with van der Waals surface area (Å²) in [5, 5.41) is 5.08. The van der Waals surface area contributed by atoms with Crippen LogP contribution in [0.2, 0.25) is 0 Å². The van der Waals surface area contributed by atoms with Gasteiger partial charge < -0.3 is 10.6 Å². The summed E-state index contributed by atoms with van der Waals surface area (Å²) in [5.41, 5.74) is 0.727. The molecule has 0 spiro atoms. The number of carbonyl (C=O) groups is 2. The van der Waals surface area contributed by atoms with Crippen LogP contribution in [0.5, 0.6) is 0 Å². The predicted octanol–water partition coefficient (Wildman–Crippen LogP) is 0.442. The minimum Gasteiger partial charge on any atom is -0.351 e. The van der Waals surface area contributed by atoms with Crippen molar-refractivity contribution in [2.45, 2.75) is 19.9 Å². The SMILES string of the molecule is CC(C)NC(=O)c1ccc(C(=O)NCCS(=O)(=O)O)cc1. The maximum absolute atomic E-state index is 11.7. The molecule has 0 bridgehead atoms. The smallest absolute Gasteiger partial charge is 0.266 e. The fourth-order valence-corrected chi connectivity index (χ4v) is 1.87. The molecule has 0 aliphatic carbocycles. The standard InChI is InChI=1S/C13H18N2O5S/c1-9(2)15-13(17)11-5-3-10(4-6-11)12(16)14-7-8-21(18,19)20/h3-6,9H,7-8H2,1-2H3,(H,14,16)(H,15,17)(H,18,19,20). The molecule has 0 heterocycles. The predicted molar refractivity (Wildman–Crippen MR) is 77.8 cm³/mol. The Morgan fingerprint density at radius 1 is 1.10 bits per heavy atom. The molecule has 0 unspecified atom stereocenters. The molecular formula is C13H18N2O5S. The highest BCUT2D eigenvalue weighted by Gasteiger charge is 2.10. The van der Waals surface area contributed by atoms with Gasteiger partial charge in [0, 0.05) is 23.7 Å². The molecule has 0 aliphatic heterocycles. The van der Waals surface area contributed by atoms with Gasteiger partial charge in [0.1, 0.15) is 0 Å². The fraction of sp³-hybridized carbons (Fsp3) is 0.385. The van der Waals surface area contributed by atoms with E-state index in [1.165, 1.54) is 24.3 Å². The highest BCUT2D eigenvalue weighted by molar-refractivity contribution is 7.85. The Morgan fingerprint density at radius 2 is 1.57 bits per heavy atom. The van der Waals surface area contributed by atoms with Crippen molar-refractivity contribution >= 4 is 21.9 Å². The number of carbonyl (C=O) groups excluding carboxylic acids is 2. The molecule has 3 N–H and O–H groups in total. The number of rotatable bonds is 6. The maximum Gasteiger partial charge on any atom is 0.266 e. The van der Waals surface area contributed by atoms with Gasteiger partial charge in [-0.1, -0.05) is 0 Å². The molecule has 0 aliphatic rings. The molecule has 1 rings (SSSR count). The molecule has 0 saturated heterocycles. The van der Waals surface area contributed by atoms with Crippen LogP contribution in [-0.4, -0.2) is 43.1 Å². The van der Waals surface area contributed by atoms with Crippen LogP contribution < -0.4 is 10.6 Å². The van der Waals surface area contributed by atoms with Crippen LogP contribution in [0.4, 0.5) is 0 Å². The third-order valence-corrected chi connectivity index (χ3v) is 3.19. The van der Waals surface area contributed by atoms with Crippen LogP contribution in [0.3, 0.4) is 0 Å². The molecule has 116 valence electrons. The number of nitrogens with one attached hydrogen (secondary N) is 2. The van der Waals surface area contributed by atoms with Gasteiger partial charge in [-0.25, -0.2) is 0 Å². The van der Waals surface area contributed by atoms with E-state index in [2.05, 4.69) is 10.6 Å². The van der Waals surface area contributed by atoms with Crippen molar-refractivity contribution in [2.24, 2.45) is 0 Å². The van der Waals surface area contributed by atoms with Gasteiger partial charge >= 0.3 is 0 Å². The van der Waals surface area contributed by atoms with Crippen LogP contribution in [0.1, 0.15) is 34.6 Å². The van der Waals surface area contributed by atoms with Crippen LogP contribution in [0.25, 0.3) is 0 Å². The molecule has 0 aromatic heterocycles. The summed E-state index contributed by atoms with van der Waals surface area (Å²) in [6.45, 7) is 3.50. The van der Waals surface area contributed by atoms with E-state index in [1.54, 1.807) is 0 Å². The zero-order chi connectivity index (χ0) is 16.0. The molecule has 1 aromatic rings. The molecule has 7 nitrogen and oxygen atoms in total. The van der Waals surface area contributed by atoms with Gasteiger partial charge in [0.05, 0.1) is 5.75 Å². The minimum absolute atomic E-state index is 0.0147. The number of hydrogen-bond acceptors (Lipinski definition) is 4. The van der Waals surface area contributed by atoms with Crippen molar-refractivity contribution in [1.29, 1.82) is 0 Å². The van der Waals surface area contributed by atoms with E-state index in [4.69, 9.17) is 4.55 Å². The second kappa shape index (κ2) is 7.19. The summed E-state index contributed by atoms with van der Waals surface area (Å²) in [7, 11) is -4.10. The lowest BCUT2D eigenvalue weighted by molar-refractivity contribution is 0.0935. The van der Waals surface area contributed by atoms with Gasteiger partial charge in [-0.05, 0) is 38.1 Å². The summed E-state index contributed by atoms with van der Waals surface area (Å²) >= 11 is 0. The Labute approximate surface area is 123 Å². The Bertz CT molecular complexity index is 608. The second-order valence-electron chi connectivity index (χ2n) is 4.75. The average Bonchev–Trinajstić information content (AvgIpc) is 2.36. The topological polar surface area (TPSA) is 113 Å². The zero-order valence-electron chi connectivity index (χ0n) is 11.8. The quantitative estimate of drug-likeness (QED) is 0.660. The Morgan fingerprint density at radius 3 is 2.00 bits per heavy atom. The van der Waals surface area contributed by atoms with E-state index in [0.29, 0.717) is 11.1 Å². The minimum atomic E-state index is -4.10. The van der Waals surface area contributed by atoms with Crippen LogP contribution in [0, 0.1) is 0 Å². The molecule has 0 radical (unpaired) electrons. The second-order valence-corrected chi connectivity index (χ2v) is 6.32. The Kier molecular flexibility index (Phi) is 5.86. The number of hydrogen-bond donors (Lipinski definition) is 3. The van der Waals surface area contributed by atoms with E-state index < -0.39 is 21.8 Å². The highest BCUT2D eigenvalue weighted by Crippen LogP contribution is 2.05. The lowest BCUT2D eigenvalue weighted by Crippen LogP contribution is -2.30. The van der Waals surface area contributed by atoms with E-state index in [1.807, 2.05) is 13.8 Å². The maximum atomic E-state index is 11.7. The van der Waals surface area contributed by atoms with E-state index >= 15 is 0 Å². The Hall–Kier alpha value is -1.93. The molecule has 2 amide bonds. The molecule has 0 fully saturated rings. The van der Waals surface area contributed by atoms with Crippen LogP contribution >= 0.6 is 0 Å². The van der Waals surface area contributed by atoms with Gasteiger partial charge in [0.15, 0.2) is 0 Å². The van der Waals surface area contributed by atoms with Gasteiger partial charge in [0.25, 0.3) is 21.9 Å². The number of benzene rings is 1. The summed E-state index contributed by atoms with van der Waals surface area (Å²) < 4.78 is 29.6. The lowest BCUT2D eigenvalue weighted by atomic mass is 10.1. The first-order valence-corrected chi connectivity index (χ1v) is 7.94. The van der Waals surface area contributed by atoms with Gasteiger partial charge in [0.2, 0.25) is 0 Å². The van der Waals surface area contributed by atoms with Gasteiger partial charge in [-0.2, -0.15) is 8.42 Å². The Balaban J connectivity index is 2.61. The zero-order valence-corrected chi connectivity index (χ0v) is 12.6. The third-order valence-electron chi connectivity index (χ3n) is 2.47. The van der Waals surface area contributed by atoms with Gasteiger partial charge in [-0.3, -0.25) is 14.1 Å². The first kappa shape index (κ1) is 17.1. The molecular weight excluding hydrogens is 296 g/mol.